The van der Waals surface area contributed by atoms with Gasteiger partial charge >= 0.3 is 0 Å². The summed E-state index contributed by atoms with van der Waals surface area (Å²) < 4.78 is 1.62. The first-order valence-electron chi connectivity index (χ1n) is 7.34. The molecule has 0 aliphatic heterocycles. The van der Waals surface area contributed by atoms with E-state index in [0.29, 0.717) is 33.5 Å². The van der Waals surface area contributed by atoms with E-state index in [1.165, 1.54) is 0 Å². The van der Waals surface area contributed by atoms with E-state index in [9.17, 15) is 4.79 Å². The molecule has 25 heavy (non-hydrogen) atoms. The van der Waals surface area contributed by atoms with Crippen molar-refractivity contribution in [2.45, 2.75) is 6.54 Å². The molecule has 2 aromatic carbocycles. The lowest BCUT2D eigenvalue weighted by Crippen LogP contribution is -2.16. The van der Waals surface area contributed by atoms with Crippen LogP contribution in [0.15, 0.2) is 54.7 Å². The third kappa shape index (κ3) is 3.82. The van der Waals surface area contributed by atoms with E-state index >= 15 is 0 Å². The van der Waals surface area contributed by atoms with Gasteiger partial charge in [-0.15, -0.1) is 0 Å². The number of anilines is 1. The van der Waals surface area contributed by atoms with Crippen molar-refractivity contribution < 1.29 is 4.79 Å². The highest BCUT2D eigenvalue weighted by Gasteiger charge is 2.12. The molecule has 1 N–H and O–H groups in total. The zero-order valence-electron chi connectivity index (χ0n) is 12.9. The van der Waals surface area contributed by atoms with Gasteiger partial charge in [0.2, 0.25) is 0 Å². The first-order valence-corrected chi connectivity index (χ1v) is 8.10. The number of halogens is 2. The molecule has 3 rings (SSSR count). The second-order valence-corrected chi connectivity index (χ2v) is 6.02. The van der Waals surface area contributed by atoms with Gasteiger partial charge in [-0.2, -0.15) is 10.4 Å². The molecule has 0 fully saturated rings. The summed E-state index contributed by atoms with van der Waals surface area (Å²) in [5, 5.41) is 16.8. The number of benzene rings is 2. The number of nitrogens with one attached hydrogen (secondary N) is 1. The lowest BCUT2D eigenvalue weighted by molar-refractivity contribution is 0.102. The molecule has 7 heteroatoms. The highest BCUT2D eigenvalue weighted by atomic mass is 35.5. The molecule has 1 amide bonds. The van der Waals surface area contributed by atoms with Gasteiger partial charge in [0.1, 0.15) is 5.82 Å². The fourth-order valence-electron chi connectivity index (χ4n) is 2.28. The second kappa shape index (κ2) is 7.39. The fourth-order valence-corrected chi connectivity index (χ4v) is 2.66. The Morgan fingerprint density at radius 1 is 1.16 bits per heavy atom. The number of carbonyl (C=O) groups excluding carboxylic acids is 1. The summed E-state index contributed by atoms with van der Waals surface area (Å²) in [4.78, 5) is 12.4. The number of hydrogen-bond donors (Lipinski definition) is 1. The van der Waals surface area contributed by atoms with E-state index in [1.54, 1.807) is 47.3 Å². The summed E-state index contributed by atoms with van der Waals surface area (Å²) in [6.45, 7) is 0.370. The smallest absolute Gasteiger partial charge is 0.256 e. The molecule has 0 radical (unpaired) electrons. The minimum atomic E-state index is -0.288. The molecule has 3 aromatic rings. The molecule has 1 aromatic heterocycles. The standard InChI is InChI=1S/C18H12Cl2N4O/c19-15-3-1-2-14(17(15)20)11-24-16(8-9-22-24)23-18(25)13-6-4-12(10-21)5-7-13/h1-9H,11H2,(H,23,25). The molecular formula is C18H12Cl2N4O. The Balaban J connectivity index is 1.78. The Morgan fingerprint density at radius 2 is 1.92 bits per heavy atom. The monoisotopic (exact) mass is 370 g/mol. The van der Waals surface area contributed by atoms with Crippen LogP contribution in [0, 0.1) is 11.3 Å². The molecule has 5 nitrogen and oxygen atoms in total. The number of aromatic nitrogens is 2. The van der Waals surface area contributed by atoms with Gasteiger partial charge in [-0.05, 0) is 35.9 Å². The molecule has 1 heterocycles. The number of amides is 1. The minimum absolute atomic E-state index is 0.288. The second-order valence-electron chi connectivity index (χ2n) is 5.23. The van der Waals surface area contributed by atoms with Gasteiger partial charge in [-0.25, -0.2) is 4.68 Å². The maximum Gasteiger partial charge on any atom is 0.256 e. The average Bonchev–Trinajstić information content (AvgIpc) is 3.05. The highest BCUT2D eigenvalue weighted by molar-refractivity contribution is 6.42. The van der Waals surface area contributed by atoms with Crippen LogP contribution in [0.4, 0.5) is 5.82 Å². The van der Waals surface area contributed by atoms with Crippen molar-refractivity contribution in [2.75, 3.05) is 5.32 Å². The Kier molecular flexibility index (Phi) is 5.03. The Bertz CT molecular complexity index is 958. The lowest BCUT2D eigenvalue weighted by atomic mass is 10.1. The Labute approximate surface area is 154 Å². The zero-order valence-corrected chi connectivity index (χ0v) is 14.4. The molecule has 0 aliphatic carbocycles. The highest BCUT2D eigenvalue weighted by Crippen LogP contribution is 2.26. The van der Waals surface area contributed by atoms with Crippen LogP contribution in [0.1, 0.15) is 21.5 Å². The van der Waals surface area contributed by atoms with E-state index in [4.69, 9.17) is 28.5 Å². The van der Waals surface area contributed by atoms with E-state index < -0.39 is 0 Å². The number of nitriles is 1. The zero-order chi connectivity index (χ0) is 17.8. The Hall–Kier alpha value is -2.81. The normalized spacial score (nSPS) is 10.3. The topological polar surface area (TPSA) is 70.7 Å². The minimum Gasteiger partial charge on any atom is -0.307 e. The SMILES string of the molecule is N#Cc1ccc(C(=O)Nc2ccnn2Cc2cccc(Cl)c2Cl)cc1. The van der Waals surface area contributed by atoms with Gasteiger partial charge in [0, 0.05) is 11.6 Å². The molecule has 0 atom stereocenters. The van der Waals surface area contributed by atoms with Crippen molar-refractivity contribution in [1.82, 2.24) is 9.78 Å². The summed E-state index contributed by atoms with van der Waals surface area (Å²) in [6, 6.07) is 15.5. The summed E-state index contributed by atoms with van der Waals surface area (Å²) in [5.41, 5.74) is 1.75. The van der Waals surface area contributed by atoms with Crippen LogP contribution in [0.25, 0.3) is 0 Å². The number of nitrogens with zero attached hydrogens (tertiary/aromatic N) is 3. The summed E-state index contributed by atoms with van der Waals surface area (Å²) in [6.07, 6.45) is 1.59. The van der Waals surface area contributed by atoms with Gasteiger partial charge < -0.3 is 5.32 Å². The van der Waals surface area contributed by atoms with Gasteiger partial charge in [0.25, 0.3) is 5.91 Å². The van der Waals surface area contributed by atoms with Crippen LogP contribution < -0.4 is 5.32 Å². The van der Waals surface area contributed by atoms with E-state index in [2.05, 4.69) is 10.4 Å². The number of rotatable bonds is 4. The predicted molar refractivity (Wildman–Crippen MR) is 96.9 cm³/mol. The van der Waals surface area contributed by atoms with Crippen molar-refractivity contribution >= 4 is 34.9 Å². The van der Waals surface area contributed by atoms with Crippen LogP contribution in [0.3, 0.4) is 0 Å². The predicted octanol–water partition coefficient (Wildman–Crippen LogP) is 4.36. The quantitative estimate of drug-likeness (QED) is 0.741. The molecule has 0 aliphatic rings. The largest absolute Gasteiger partial charge is 0.307 e. The summed E-state index contributed by atoms with van der Waals surface area (Å²) >= 11 is 12.2. The van der Waals surface area contributed by atoms with Crippen molar-refractivity contribution in [2.24, 2.45) is 0 Å². The van der Waals surface area contributed by atoms with Crippen LogP contribution in [0.2, 0.25) is 10.0 Å². The molecule has 0 bridgehead atoms. The average molecular weight is 371 g/mol. The van der Waals surface area contributed by atoms with Crippen molar-refractivity contribution in [3.05, 3.63) is 81.5 Å². The third-order valence-corrected chi connectivity index (χ3v) is 4.44. The van der Waals surface area contributed by atoms with Gasteiger partial charge in [0.15, 0.2) is 0 Å². The summed E-state index contributed by atoms with van der Waals surface area (Å²) in [5.74, 6) is 0.244. The van der Waals surface area contributed by atoms with Gasteiger partial charge in [-0.1, -0.05) is 35.3 Å². The van der Waals surface area contributed by atoms with Crippen LogP contribution >= 0.6 is 23.2 Å². The number of hydrogen-bond acceptors (Lipinski definition) is 3. The van der Waals surface area contributed by atoms with Crippen molar-refractivity contribution in [1.29, 1.82) is 5.26 Å². The van der Waals surface area contributed by atoms with Crippen LogP contribution in [-0.4, -0.2) is 15.7 Å². The van der Waals surface area contributed by atoms with Gasteiger partial charge in [0.05, 0.1) is 34.4 Å². The van der Waals surface area contributed by atoms with Gasteiger partial charge in [-0.3, -0.25) is 4.79 Å². The maximum absolute atomic E-state index is 12.4. The molecule has 0 saturated carbocycles. The third-order valence-electron chi connectivity index (χ3n) is 3.59. The molecule has 0 unspecified atom stereocenters. The fraction of sp³-hybridized carbons (Fsp3) is 0.0556. The number of carbonyl (C=O) groups is 1. The molecular weight excluding hydrogens is 359 g/mol. The summed E-state index contributed by atoms with van der Waals surface area (Å²) in [7, 11) is 0. The molecule has 0 spiro atoms. The van der Waals surface area contributed by atoms with Crippen molar-refractivity contribution in [3.8, 4) is 6.07 Å². The van der Waals surface area contributed by atoms with Crippen LogP contribution in [0.5, 0.6) is 0 Å². The molecule has 0 saturated heterocycles. The van der Waals surface area contributed by atoms with Crippen LogP contribution in [-0.2, 0) is 6.54 Å². The van der Waals surface area contributed by atoms with E-state index in [0.717, 1.165) is 5.56 Å². The van der Waals surface area contributed by atoms with E-state index in [1.807, 2.05) is 18.2 Å². The molecule has 124 valence electrons. The first kappa shape index (κ1) is 17.0. The Morgan fingerprint density at radius 3 is 2.64 bits per heavy atom. The lowest BCUT2D eigenvalue weighted by Gasteiger charge is -2.11. The first-order chi connectivity index (χ1) is 12.1. The maximum atomic E-state index is 12.4. The van der Waals surface area contributed by atoms with E-state index in [-0.39, 0.29) is 5.91 Å². The van der Waals surface area contributed by atoms with Crippen molar-refractivity contribution in [3.63, 3.8) is 0 Å².